The van der Waals surface area contributed by atoms with E-state index in [0.29, 0.717) is 6.04 Å². The predicted molar refractivity (Wildman–Crippen MR) is 82.5 cm³/mol. The third kappa shape index (κ3) is 4.46. The highest BCUT2D eigenvalue weighted by Crippen LogP contribution is 2.22. The summed E-state index contributed by atoms with van der Waals surface area (Å²) in [5.41, 5.74) is 1.29. The number of carbonyl (C=O) groups excluding carboxylic acids is 1. The maximum Gasteiger partial charge on any atom is 0.248 e. The first-order chi connectivity index (χ1) is 10.2. The van der Waals surface area contributed by atoms with Crippen LogP contribution in [-0.2, 0) is 16.0 Å². The smallest absolute Gasteiger partial charge is 0.248 e. The van der Waals surface area contributed by atoms with Gasteiger partial charge in [0, 0.05) is 19.7 Å². The van der Waals surface area contributed by atoms with Gasteiger partial charge in [-0.3, -0.25) is 4.79 Å². The highest BCUT2D eigenvalue weighted by atomic mass is 16.5. The molecule has 0 bridgehead atoms. The molecule has 1 amide bonds. The second-order valence-electron chi connectivity index (χ2n) is 5.56. The molecule has 21 heavy (non-hydrogen) atoms. The van der Waals surface area contributed by atoms with E-state index in [0.717, 1.165) is 38.0 Å². The Labute approximate surface area is 127 Å². The van der Waals surface area contributed by atoms with E-state index < -0.39 is 0 Å². The molecule has 0 aliphatic carbocycles. The van der Waals surface area contributed by atoms with Crippen molar-refractivity contribution in [2.45, 2.75) is 38.1 Å². The molecule has 1 aliphatic heterocycles. The first-order valence-electron chi connectivity index (χ1n) is 7.66. The summed E-state index contributed by atoms with van der Waals surface area (Å²) in [6.07, 6.45) is 5.43. The molecule has 1 heterocycles. The predicted octanol–water partition coefficient (Wildman–Crippen LogP) is 2.66. The van der Waals surface area contributed by atoms with Crippen molar-refractivity contribution in [3.05, 3.63) is 29.8 Å². The minimum atomic E-state index is 0.122. The van der Waals surface area contributed by atoms with Crippen molar-refractivity contribution >= 4 is 5.91 Å². The van der Waals surface area contributed by atoms with Gasteiger partial charge in [0.05, 0.1) is 7.11 Å². The molecule has 4 nitrogen and oxygen atoms in total. The molecule has 116 valence electrons. The molecule has 1 saturated heterocycles. The van der Waals surface area contributed by atoms with Crippen LogP contribution in [0.4, 0.5) is 0 Å². The monoisotopic (exact) mass is 291 g/mol. The highest BCUT2D eigenvalue weighted by molar-refractivity contribution is 5.77. The van der Waals surface area contributed by atoms with E-state index in [-0.39, 0.29) is 12.5 Å². The highest BCUT2D eigenvalue weighted by Gasteiger charge is 2.25. The number of rotatable bonds is 6. The standard InChI is InChI=1S/C17H25NO3/c1-20-13-17(19)18-12-4-3-5-15(18)9-6-14-7-10-16(21-2)11-8-14/h7-8,10-11,15H,3-6,9,12-13H2,1-2H3. The van der Waals surface area contributed by atoms with E-state index >= 15 is 0 Å². The van der Waals surface area contributed by atoms with Crippen molar-refractivity contribution in [3.63, 3.8) is 0 Å². The number of hydrogen-bond acceptors (Lipinski definition) is 3. The Morgan fingerprint density at radius 2 is 2.00 bits per heavy atom. The number of hydrogen-bond donors (Lipinski definition) is 0. The number of nitrogens with zero attached hydrogens (tertiary/aromatic N) is 1. The fourth-order valence-corrected chi connectivity index (χ4v) is 2.96. The number of ether oxygens (including phenoxy) is 2. The van der Waals surface area contributed by atoms with Gasteiger partial charge in [-0.05, 0) is 49.8 Å². The van der Waals surface area contributed by atoms with Crippen LogP contribution >= 0.6 is 0 Å². The van der Waals surface area contributed by atoms with E-state index in [4.69, 9.17) is 9.47 Å². The Morgan fingerprint density at radius 3 is 2.67 bits per heavy atom. The third-order valence-corrected chi connectivity index (χ3v) is 4.14. The number of benzene rings is 1. The minimum absolute atomic E-state index is 0.122. The Kier molecular flexibility index (Phi) is 6.05. The fourth-order valence-electron chi connectivity index (χ4n) is 2.96. The number of carbonyl (C=O) groups is 1. The molecule has 0 N–H and O–H groups in total. The fraction of sp³-hybridized carbons (Fsp3) is 0.588. The van der Waals surface area contributed by atoms with Gasteiger partial charge in [-0.25, -0.2) is 0 Å². The Bertz CT molecular complexity index is 444. The lowest BCUT2D eigenvalue weighted by Crippen LogP contribution is -2.45. The zero-order chi connectivity index (χ0) is 15.1. The summed E-state index contributed by atoms with van der Waals surface area (Å²) in [5.74, 6) is 1.00. The lowest BCUT2D eigenvalue weighted by Gasteiger charge is -2.35. The van der Waals surface area contributed by atoms with Crippen LogP contribution in [0.1, 0.15) is 31.2 Å². The topological polar surface area (TPSA) is 38.8 Å². The SMILES string of the molecule is COCC(=O)N1CCCCC1CCc1ccc(OC)cc1. The molecule has 0 aromatic heterocycles. The lowest BCUT2D eigenvalue weighted by atomic mass is 9.95. The summed E-state index contributed by atoms with van der Waals surface area (Å²) >= 11 is 0. The number of piperidine rings is 1. The summed E-state index contributed by atoms with van der Waals surface area (Å²) in [6, 6.07) is 8.53. The van der Waals surface area contributed by atoms with Crippen LogP contribution in [-0.4, -0.2) is 44.2 Å². The van der Waals surface area contributed by atoms with Gasteiger partial charge in [0.25, 0.3) is 0 Å². The number of methoxy groups -OCH3 is 2. The van der Waals surface area contributed by atoms with E-state index in [1.165, 1.54) is 12.0 Å². The van der Waals surface area contributed by atoms with Crippen LogP contribution in [0, 0.1) is 0 Å². The second-order valence-corrected chi connectivity index (χ2v) is 5.56. The minimum Gasteiger partial charge on any atom is -0.497 e. The van der Waals surface area contributed by atoms with Crippen molar-refractivity contribution in [2.75, 3.05) is 27.4 Å². The van der Waals surface area contributed by atoms with Crippen LogP contribution in [0.2, 0.25) is 0 Å². The average Bonchev–Trinajstić information content (AvgIpc) is 2.54. The molecule has 1 aliphatic rings. The summed E-state index contributed by atoms with van der Waals surface area (Å²) in [4.78, 5) is 14.1. The summed E-state index contributed by atoms with van der Waals surface area (Å²) in [7, 11) is 3.25. The van der Waals surface area contributed by atoms with Crippen molar-refractivity contribution in [3.8, 4) is 5.75 Å². The maximum absolute atomic E-state index is 12.1. The molecule has 4 heteroatoms. The number of likely N-dealkylation sites (tertiary alicyclic amines) is 1. The first kappa shape index (κ1) is 15.8. The molecular weight excluding hydrogens is 266 g/mol. The van der Waals surface area contributed by atoms with Gasteiger partial charge in [0.1, 0.15) is 12.4 Å². The summed E-state index contributed by atoms with van der Waals surface area (Å²) in [5, 5.41) is 0. The average molecular weight is 291 g/mol. The van der Waals surface area contributed by atoms with Gasteiger partial charge in [0.15, 0.2) is 0 Å². The van der Waals surface area contributed by atoms with Gasteiger partial charge in [-0.15, -0.1) is 0 Å². The Hall–Kier alpha value is -1.55. The van der Waals surface area contributed by atoms with Crippen LogP contribution < -0.4 is 4.74 Å². The second kappa shape index (κ2) is 8.03. The van der Waals surface area contributed by atoms with E-state index in [1.807, 2.05) is 17.0 Å². The van der Waals surface area contributed by atoms with Gasteiger partial charge in [-0.1, -0.05) is 12.1 Å². The summed E-state index contributed by atoms with van der Waals surface area (Å²) in [6.45, 7) is 1.06. The molecule has 1 fully saturated rings. The Balaban J connectivity index is 1.90. The van der Waals surface area contributed by atoms with Gasteiger partial charge < -0.3 is 14.4 Å². The van der Waals surface area contributed by atoms with E-state index in [2.05, 4.69) is 12.1 Å². The van der Waals surface area contributed by atoms with Crippen LogP contribution in [0.15, 0.2) is 24.3 Å². The summed E-state index contributed by atoms with van der Waals surface area (Å²) < 4.78 is 10.2. The van der Waals surface area contributed by atoms with Gasteiger partial charge >= 0.3 is 0 Å². The van der Waals surface area contributed by atoms with Gasteiger partial charge in [0.2, 0.25) is 5.91 Å². The van der Waals surface area contributed by atoms with Crippen molar-refractivity contribution in [1.29, 1.82) is 0 Å². The number of aryl methyl sites for hydroxylation is 1. The third-order valence-electron chi connectivity index (χ3n) is 4.14. The molecule has 1 aromatic carbocycles. The molecule has 2 rings (SSSR count). The molecule has 0 saturated carbocycles. The zero-order valence-corrected chi connectivity index (χ0v) is 13.0. The molecular formula is C17H25NO3. The molecule has 1 unspecified atom stereocenters. The van der Waals surface area contributed by atoms with Crippen molar-refractivity contribution in [1.82, 2.24) is 4.90 Å². The van der Waals surface area contributed by atoms with Gasteiger partial charge in [-0.2, -0.15) is 0 Å². The number of amides is 1. The van der Waals surface area contributed by atoms with Crippen LogP contribution in [0.3, 0.4) is 0 Å². The van der Waals surface area contributed by atoms with Crippen molar-refractivity contribution < 1.29 is 14.3 Å². The van der Waals surface area contributed by atoms with Crippen molar-refractivity contribution in [2.24, 2.45) is 0 Å². The first-order valence-corrected chi connectivity index (χ1v) is 7.66. The van der Waals surface area contributed by atoms with Crippen LogP contribution in [0.5, 0.6) is 5.75 Å². The molecule has 0 spiro atoms. The normalized spacial score (nSPS) is 18.6. The lowest BCUT2D eigenvalue weighted by molar-refractivity contribution is -0.139. The van der Waals surface area contributed by atoms with E-state index in [1.54, 1.807) is 14.2 Å². The maximum atomic E-state index is 12.1. The molecule has 1 aromatic rings. The zero-order valence-electron chi connectivity index (χ0n) is 13.0. The molecule has 0 radical (unpaired) electrons. The largest absolute Gasteiger partial charge is 0.497 e. The molecule has 1 atom stereocenters. The van der Waals surface area contributed by atoms with Crippen LogP contribution in [0.25, 0.3) is 0 Å². The quantitative estimate of drug-likeness (QED) is 0.809. The van der Waals surface area contributed by atoms with E-state index in [9.17, 15) is 4.79 Å². The Morgan fingerprint density at radius 1 is 1.24 bits per heavy atom.